The predicted octanol–water partition coefficient (Wildman–Crippen LogP) is 3.86. The third kappa shape index (κ3) is 1.93. The topological polar surface area (TPSA) is 0 Å². The zero-order valence-electron chi connectivity index (χ0n) is 9.20. The van der Waals surface area contributed by atoms with Gasteiger partial charge in [0.15, 0.2) is 11.6 Å². The van der Waals surface area contributed by atoms with E-state index in [0.29, 0.717) is 22.5 Å². The Labute approximate surface area is 103 Å². The number of fused-ring (bicyclic) bond motifs is 2. The molecule has 0 saturated heterocycles. The van der Waals surface area contributed by atoms with Gasteiger partial charge in [0.1, 0.15) is 0 Å². The van der Waals surface area contributed by atoms with Crippen LogP contribution in [-0.2, 0) is 12.2 Å². The first kappa shape index (κ1) is 11.0. The number of hydrogen-bond acceptors (Lipinski definition) is 1. The van der Waals surface area contributed by atoms with Gasteiger partial charge in [0.05, 0.1) is 0 Å². The van der Waals surface area contributed by atoms with Crippen molar-refractivity contribution in [2.45, 2.75) is 17.4 Å². The molecule has 1 aliphatic heterocycles. The van der Waals surface area contributed by atoms with Crippen molar-refractivity contribution in [3.63, 3.8) is 0 Å². The van der Waals surface area contributed by atoms with E-state index in [0.717, 1.165) is 12.0 Å². The van der Waals surface area contributed by atoms with Crippen molar-refractivity contribution in [2.24, 2.45) is 5.92 Å². The minimum atomic E-state index is -0.736. The highest BCUT2D eigenvalue weighted by Crippen LogP contribution is 2.37. The summed E-state index contributed by atoms with van der Waals surface area (Å²) in [6.07, 6.45) is 9.17. The molecule has 2 atom stereocenters. The molecule has 3 rings (SSSR count). The van der Waals surface area contributed by atoms with Crippen LogP contribution in [0.1, 0.15) is 11.1 Å². The Kier molecular flexibility index (Phi) is 2.79. The maximum absolute atomic E-state index is 13.7. The molecule has 0 radical (unpaired) electrons. The molecule has 3 heteroatoms. The van der Waals surface area contributed by atoms with Crippen molar-refractivity contribution in [2.75, 3.05) is 0 Å². The van der Waals surface area contributed by atoms with Gasteiger partial charge in [0.25, 0.3) is 0 Å². The van der Waals surface area contributed by atoms with Gasteiger partial charge < -0.3 is 0 Å². The second-order valence-electron chi connectivity index (χ2n) is 4.41. The maximum Gasteiger partial charge on any atom is 0.163 e. The van der Waals surface area contributed by atoms with Crippen molar-refractivity contribution in [1.29, 1.82) is 0 Å². The summed E-state index contributed by atoms with van der Waals surface area (Å²) in [5.41, 5.74) is 1.50. The van der Waals surface area contributed by atoms with Gasteiger partial charge in [0.2, 0.25) is 0 Å². The monoisotopic (exact) mass is 250 g/mol. The molecule has 0 spiro atoms. The van der Waals surface area contributed by atoms with E-state index in [1.54, 1.807) is 17.8 Å². The fourth-order valence-corrected chi connectivity index (χ4v) is 3.72. The molecule has 1 aliphatic carbocycles. The number of halogens is 2. The molecular formula is C14H12F2S. The van der Waals surface area contributed by atoms with E-state index in [-0.39, 0.29) is 0 Å². The quantitative estimate of drug-likeness (QED) is 0.673. The van der Waals surface area contributed by atoms with E-state index in [2.05, 4.69) is 12.2 Å². The fraction of sp³-hybridized carbons (Fsp3) is 0.286. The van der Waals surface area contributed by atoms with Crippen LogP contribution in [-0.4, -0.2) is 5.25 Å². The lowest BCUT2D eigenvalue weighted by molar-refractivity contribution is 0.499. The largest absolute Gasteiger partial charge is 0.204 e. The van der Waals surface area contributed by atoms with Crippen LogP contribution in [0.3, 0.4) is 0 Å². The third-order valence-electron chi connectivity index (χ3n) is 3.36. The molecule has 0 saturated carbocycles. The molecule has 1 aromatic carbocycles. The summed E-state index contributed by atoms with van der Waals surface area (Å²) in [7, 11) is 0. The SMILES string of the molecule is Fc1ccc2c(c1F)CS[C@@H]1C=CC=CC1C2. The van der Waals surface area contributed by atoms with Crippen LogP contribution in [0.15, 0.2) is 36.4 Å². The molecular weight excluding hydrogens is 238 g/mol. The van der Waals surface area contributed by atoms with E-state index < -0.39 is 11.6 Å². The molecule has 2 aliphatic rings. The number of benzene rings is 1. The van der Waals surface area contributed by atoms with Gasteiger partial charge in [-0.1, -0.05) is 30.4 Å². The molecule has 88 valence electrons. The molecule has 17 heavy (non-hydrogen) atoms. The van der Waals surface area contributed by atoms with Crippen LogP contribution in [0.4, 0.5) is 8.78 Å². The molecule has 0 amide bonds. The smallest absolute Gasteiger partial charge is 0.163 e. The van der Waals surface area contributed by atoms with Crippen LogP contribution in [0.2, 0.25) is 0 Å². The van der Waals surface area contributed by atoms with Gasteiger partial charge in [-0.15, -0.1) is 11.8 Å². The Morgan fingerprint density at radius 2 is 1.94 bits per heavy atom. The number of rotatable bonds is 0. The van der Waals surface area contributed by atoms with Gasteiger partial charge in [0, 0.05) is 16.6 Å². The van der Waals surface area contributed by atoms with Crippen molar-refractivity contribution in [3.05, 3.63) is 59.2 Å². The highest BCUT2D eigenvalue weighted by Gasteiger charge is 2.26. The van der Waals surface area contributed by atoms with Gasteiger partial charge in [-0.2, -0.15) is 0 Å². The van der Waals surface area contributed by atoms with E-state index in [4.69, 9.17) is 0 Å². The zero-order chi connectivity index (χ0) is 11.8. The van der Waals surface area contributed by atoms with E-state index in [9.17, 15) is 8.78 Å². The van der Waals surface area contributed by atoms with Crippen molar-refractivity contribution in [1.82, 2.24) is 0 Å². The first-order valence-corrected chi connectivity index (χ1v) is 6.73. The average molecular weight is 250 g/mol. The summed E-state index contributed by atoms with van der Waals surface area (Å²) in [5, 5.41) is 0.384. The van der Waals surface area contributed by atoms with Crippen LogP contribution < -0.4 is 0 Å². The lowest BCUT2D eigenvalue weighted by Crippen LogP contribution is -2.15. The summed E-state index contributed by atoms with van der Waals surface area (Å²) < 4.78 is 26.9. The number of allylic oxidation sites excluding steroid dienone is 3. The van der Waals surface area contributed by atoms with E-state index in [1.807, 2.05) is 12.2 Å². The normalized spacial score (nSPS) is 26.2. The van der Waals surface area contributed by atoms with Gasteiger partial charge >= 0.3 is 0 Å². The Balaban J connectivity index is 2.01. The van der Waals surface area contributed by atoms with Crippen LogP contribution in [0, 0.1) is 17.6 Å². The summed E-state index contributed by atoms with van der Waals surface area (Å²) in [6.45, 7) is 0. The second-order valence-corrected chi connectivity index (χ2v) is 5.58. The highest BCUT2D eigenvalue weighted by molar-refractivity contribution is 7.99. The number of hydrogen-bond donors (Lipinski definition) is 0. The summed E-state index contributed by atoms with van der Waals surface area (Å²) >= 11 is 1.69. The van der Waals surface area contributed by atoms with Crippen LogP contribution in [0.5, 0.6) is 0 Å². The predicted molar refractivity (Wildman–Crippen MR) is 66.9 cm³/mol. The van der Waals surface area contributed by atoms with Crippen LogP contribution in [0.25, 0.3) is 0 Å². The van der Waals surface area contributed by atoms with Crippen molar-refractivity contribution < 1.29 is 8.78 Å². The fourth-order valence-electron chi connectivity index (χ4n) is 2.41. The molecule has 0 fully saturated rings. The summed E-state index contributed by atoms with van der Waals surface area (Å²) in [6, 6.07) is 2.96. The van der Waals surface area contributed by atoms with Crippen molar-refractivity contribution in [3.8, 4) is 0 Å². The Morgan fingerprint density at radius 3 is 2.82 bits per heavy atom. The third-order valence-corrected chi connectivity index (χ3v) is 4.71. The minimum absolute atomic E-state index is 0.384. The first-order chi connectivity index (χ1) is 8.25. The maximum atomic E-state index is 13.7. The van der Waals surface area contributed by atoms with E-state index >= 15 is 0 Å². The van der Waals surface area contributed by atoms with Gasteiger partial charge in [-0.3, -0.25) is 0 Å². The lowest BCUT2D eigenvalue weighted by Gasteiger charge is -2.20. The molecule has 1 heterocycles. The van der Waals surface area contributed by atoms with E-state index in [1.165, 1.54) is 6.07 Å². The lowest BCUT2D eigenvalue weighted by atomic mass is 9.91. The summed E-state index contributed by atoms with van der Waals surface area (Å²) in [4.78, 5) is 0. The molecule has 0 N–H and O–H groups in total. The second kappa shape index (κ2) is 4.30. The Bertz CT molecular complexity index is 505. The molecule has 1 unspecified atom stereocenters. The number of thioether (sulfide) groups is 1. The van der Waals surface area contributed by atoms with Crippen LogP contribution >= 0.6 is 11.8 Å². The minimum Gasteiger partial charge on any atom is -0.204 e. The average Bonchev–Trinajstić information content (AvgIpc) is 2.53. The Hall–Kier alpha value is -1.09. The standard InChI is InChI=1S/C14H12F2S/c15-12-6-5-9-7-10-3-1-2-4-13(10)17-8-11(9)14(12)16/h1-6,10,13H,7-8H2/t10?,13-/m1/s1. The van der Waals surface area contributed by atoms with Crippen molar-refractivity contribution >= 4 is 11.8 Å². The van der Waals surface area contributed by atoms with Gasteiger partial charge in [-0.05, 0) is 24.0 Å². The molecule has 1 aromatic rings. The first-order valence-electron chi connectivity index (χ1n) is 5.68. The summed E-state index contributed by atoms with van der Waals surface area (Å²) in [5.74, 6) is -0.448. The zero-order valence-corrected chi connectivity index (χ0v) is 10.0. The Morgan fingerprint density at radius 1 is 1.12 bits per heavy atom. The molecule has 0 bridgehead atoms. The molecule has 0 nitrogen and oxygen atoms in total. The van der Waals surface area contributed by atoms with Gasteiger partial charge in [-0.25, -0.2) is 8.78 Å². The molecule has 0 aromatic heterocycles. The highest BCUT2D eigenvalue weighted by atomic mass is 32.2.